The lowest BCUT2D eigenvalue weighted by atomic mass is 10.0. The summed E-state index contributed by atoms with van der Waals surface area (Å²) in [6.07, 6.45) is 0. The van der Waals surface area contributed by atoms with Gasteiger partial charge >= 0.3 is 0 Å². The monoisotopic (exact) mass is 447 g/mol. The van der Waals surface area contributed by atoms with E-state index in [9.17, 15) is 14.4 Å². The number of carbonyl (C=O) groups excluding carboxylic acids is 3. The van der Waals surface area contributed by atoms with Crippen LogP contribution in [0, 0.1) is 0 Å². The summed E-state index contributed by atoms with van der Waals surface area (Å²) in [7, 11) is 1.66. The highest BCUT2D eigenvalue weighted by Gasteiger charge is 2.23. The molecule has 3 amide bonds. The molecule has 0 bridgehead atoms. The third-order valence-electron chi connectivity index (χ3n) is 5.20. The van der Waals surface area contributed by atoms with Crippen LogP contribution in [0.15, 0.2) is 54.6 Å². The maximum atomic E-state index is 13.2. The molecule has 0 unspecified atom stereocenters. The van der Waals surface area contributed by atoms with E-state index in [0.717, 1.165) is 10.8 Å². The molecule has 0 spiro atoms. The van der Waals surface area contributed by atoms with Gasteiger partial charge in [0.25, 0.3) is 17.7 Å². The molecular weight excluding hydrogens is 422 g/mol. The van der Waals surface area contributed by atoms with Crippen LogP contribution in [0.25, 0.3) is 10.8 Å². The van der Waals surface area contributed by atoms with Crippen molar-refractivity contribution in [3.63, 3.8) is 0 Å². The first-order valence-corrected chi connectivity index (χ1v) is 10.6. The summed E-state index contributed by atoms with van der Waals surface area (Å²) in [5, 5.41) is 7.38. The predicted molar refractivity (Wildman–Crippen MR) is 126 cm³/mol. The van der Waals surface area contributed by atoms with Crippen molar-refractivity contribution < 1.29 is 23.9 Å². The Morgan fingerprint density at radius 2 is 1.82 bits per heavy atom. The topological polar surface area (TPSA) is 97.0 Å². The first-order valence-electron chi connectivity index (χ1n) is 10.6. The minimum Gasteiger partial charge on any atom is -0.483 e. The molecule has 2 N–H and O–H groups in total. The molecule has 0 saturated heterocycles. The summed E-state index contributed by atoms with van der Waals surface area (Å²) in [6, 6.07) is 16.2. The molecule has 0 saturated carbocycles. The lowest BCUT2D eigenvalue weighted by Gasteiger charge is -2.26. The average Bonchev–Trinajstić information content (AvgIpc) is 2.79. The molecule has 1 heterocycles. The number of carbonyl (C=O) groups is 3. The zero-order valence-electron chi connectivity index (χ0n) is 18.7. The number of likely N-dealkylation sites (N-methyl/N-ethyl adjacent to an activating group) is 1. The van der Waals surface area contributed by atoms with Gasteiger partial charge in [0, 0.05) is 18.8 Å². The number of ether oxygens (including phenoxy) is 2. The Morgan fingerprint density at radius 3 is 2.55 bits per heavy atom. The standard InChI is InChI=1S/C25H25N3O5/c1-15(2)26-23(29)13-32-22-11-17-7-5-4-6-16(17)10-19(22)25(31)27-18-8-9-21-20(12-18)28(3)24(30)14-33-21/h4-12,15H,13-14H2,1-3H3,(H,26,29)(H,27,31). The summed E-state index contributed by atoms with van der Waals surface area (Å²) < 4.78 is 11.2. The molecule has 4 rings (SSSR count). The minimum atomic E-state index is -0.398. The van der Waals surface area contributed by atoms with Crippen LogP contribution in [0.1, 0.15) is 24.2 Å². The highest BCUT2D eigenvalue weighted by Crippen LogP contribution is 2.34. The molecule has 0 aliphatic carbocycles. The van der Waals surface area contributed by atoms with Crippen molar-refractivity contribution in [1.82, 2.24) is 5.32 Å². The van der Waals surface area contributed by atoms with Crippen LogP contribution in [-0.4, -0.2) is 44.0 Å². The van der Waals surface area contributed by atoms with E-state index in [4.69, 9.17) is 9.47 Å². The Hall–Kier alpha value is -4.07. The van der Waals surface area contributed by atoms with Gasteiger partial charge in [-0.3, -0.25) is 14.4 Å². The molecule has 3 aromatic rings. The Balaban J connectivity index is 1.61. The second kappa shape index (κ2) is 9.20. The second-order valence-corrected chi connectivity index (χ2v) is 8.08. The number of nitrogens with one attached hydrogen (secondary N) is 2. The van der Waals surface area contributed by atoms with E-state index in [-0.39, 0.29) is 31.1 Å². The molecule has 1 aliphatic rings. The Kier molecular flexibility index (Phi) is 6.17. The Bertz CT molecular complexity index is 1240. The first kappa shape index (κ1) is 22.1. The molecular formula is C25H25N3O5. The van der Waals surface area contributed by atoms with Crippen molar-refractivity contribution in [1.29, 1.82) is 0 Å². The average molecular weight is 447 g/mol. The van der Waals surface area contributed by atoms with Crippen LogP contribution in [0.2, 0.25) is 0 Å². The molecule has 8 nitrogen and oxygen atoms in total. The third kappa shape index (κ3) is 4.90. The van der Waals surface area contributed by atoms with Gasteiger partial charge < -0.3 is 25.0 Å². The van der Waals surface area contributed by atoms with Gasteiger partial charge in [-0.05, 0) is 55.0 Å². The van der Waals surface area contributed by atoms with Gasteiger partial charge in [-0.2, -0.15) is 0 Å². The number of benzene rings is 3. The summed E-state index contributed by atoms with van der Waals surface area (Å²) in [4.78, 5) is 38.7. The van der Waals surface area contributed by atoms with Crippen molar-refractivity contribution in [2.45, 2.75) is 19.9 Å². The van der Waals surface area contributed by atoms with Crippen molar-refractivity contribution in [3.05, 3.63) is 60.2 Å². The van der Waals surface area contributed by atoms with Gasteiger partial charge in [0.1, 0.15) is 11.5 Å². The number of hydrogen-bond acceptors (Lipinski definition) is 5. The van der Waals surface area contributed by atoms with Gasteiger partial charge in [0.15, 0.2) is 13.2 Å². The molecule has 0 atom stereocenters. The molecule has 33 heavy (non-hydrogen) atoms. The Labute approximate surface area is 191 Å². The maximum absolute atomic E-state index is 13.2. The van der Waals surface area contributed by atoms with Crippen LogP contribution < -0.4 is 25.0 Å². The lowest BCUT2D eigenvalue weighted by molar-refractivity contribution is -0.123. The first-order chi connectivity index (χ1) is 15.8. The van der Waals surface area contributed by atoms with Crippen LogP contribution in [0.3, 0.4) is 0 Å². The van der Waals surface area contributed by atoms with Crippen LogP contribution in [0.5, 0.6) is 11.5 Å². The van der Waals surface area contributed by atoms with E-state index < -0.39 is 5.91 Å². The molecule has 1 aliphatic heterocycles. The van der Waals surface area contributed by atoms with E-state index in [1.54, 1.807) is 37.4 Å². The number of rotatable bonds is 6. The number of amides is 3. The van der Waals surface area contributed by atoms with Crippen molar-refractivity contribution in [2.24, 2.45) is 0 Å². The lowest BCUT2D eigenvalue weighted by Crippen LogP contribution is -2.35. The molecule has 0 radical (unpaired) electrons. The van der Waals surface area contributed by atoms with E-state index in [1.807, 2.05) is 38.1 Å². The van der Waals surface area contributed by atoms with E-state index >= 15 is 0 Å². The zero-order valence-corrected chi connectivity index (χ0v) is 18.7. The quantitative estimate of drug-likeness (QED) is 0.604. The van der Waals surface area contributed by atoms with Gasteiger partial charge in [-0.15, -0.1) is 0 Å². The summed E-state index contributed by atoms with van der Waals surface area (Å²) in [5.41, 5.74) is 1.37. The number of anilines is 2. The third-order valence-corrected chi connectivity index (χ3v) is 5.20. The largest absolute Gasteiger partial charge is 0.483 e. The molecule has 3 aromatic carbocycles. The molecule has 8 heteroatoms. The Morgan fingerprint density at radius 1 is 1.09 bits per heavy atom. The normalized spacial score (nSPS) is 12.8. The van der Waals surface area contributed by atoms with Crippen molar-refractivity contribution >= 4 is 39.9 Å². The fourth-order valence-electron chi connectivity index (χ4n) is 3.57. The molecule has 170 valence electrons. The minimum absolute atomic E-state index is 0.0153. The fraction of sp³-hybridized carbons (Fsp3) is 0.240. The number of nitrogens with zero attached hydrogens (tertiary/aromatic N) is 1. The van der Waals surface area contributed by atoms with Gasteiger partial charge in [-0.25, -0.2) is 0 Å². The van der Waals surface area contributed by atoms with E-state index in [2.05, 4.69) is 10.6 Å². The highest BCUT2D eigenvalue weighted by atomic mass is 16.5. The SMILES string of the molecule is CC(C)NC(=O)COc1cc2ccccc2cc1C(=O)Nc1ccc2c(c1)N(C)C(=O)CO2. The maximum Gasteiger partial charge on any atom is 0.264 e. The van der Waals surface area contributed by atoms with Crippen LogP contribution >= 0.6 is 0 Å². The predicted octanol–water partition coefficient (Wildman–Crippen LogP) is 3.35. The second-order valence-electron chi connectivity index (χ2n) is 8.08. The summed E-state index contributed by atoms with van der Waals surface area (Å²) in [6.45, 7) is 3.50. The molecule has 0 aromatic heterocycles. The van der Waals surface area contributed by atoms with E-state index in [0.29, 0.717) is 28.4 Å². The van der Waals surface area contributed by atoms with Gasteiger partial charge in [0.2, 0.25) is 0 Å². The van der Waals surface area contributed by atoms with Gasteiger partial charge in [-0.1, -0.05) is 24.3 Å². The van der Waals surface area contributed by atoms with Crippen molar-refractivity contribution in [2.75, 3.05) is 30.5 Å². The van der Waals surface area contributed by atoms with Crippen LogP contribution in [0.4, 0.5) is 11.4 Å². The van der Waals surface area contributed by atoms with Crippen molar-refractivity contribution in [3.8, 4) is 11.5 Å². The zero-order chi connectivity index (χ0) is 23.5. The fourth-order valence-corrected chi connectivity index (χ4v) is 3.57. The van der Waals surface area contributed by atoms with Gasteiger partial charge in [0.05, 0.1) is 11.3 Å². The number of fused-ring (bicyclic) bond motifs is 2. The van der Waals surface area contributed by atoms with Crippen LogP contribution in [-0.2, 0) is 9.59 Å². The molecule has 0 fully saturated rings. The smallest absolute Gasteiger partial charge is 0.264 e. The summed E-state index contributed by atoms with van der Waals surface area (Å²) >= 11 is 0. The highest BCUT2D eigenvalue weighted by molar-refractivity contribution is 6.09. The number of hydrogen-bond donors (Lipinski definition) is 2. The van der Waals surface area contributed by atoms with E-state index in [1.165, 1.54) is 4.90 Å². The summed E-state index contributed by atoms with van der Waals surface area (Å²) in [5.74, 6) is 0.0353.